The number of nitrogens with zero attached hydrogens (tertiary/aromatic N) is 3. The van der Waals surface area contributed by atoms with Gasteiger partial charge < -0.3 is 4.90 Å². The fourth-order valence-corrected chi connectivity index (χ4v) is 5.56. The molecule has 0 aromatic heterocycles. The number of amides is 1. The van der Waals surface area contributed by atoms with Gasteiger partial charge in [0.1, 0.15) is 0 Å². The van der Waals surface area contributed by atoms with E-state index in [1.54, 1.807) is 16.4 Å². The summed E-state index contributed by atoms with van der Waals surface area (Å²) >= 11 is 0. The van der Waals surface area contributed by atoms with E-state index in [9.17, 15) is 13.2 Å². The first-order chi connectivity index (χ1) is 13.9. The molecule has 160 valence electrons. The first kappa shape index (κ1) is 22.0. The van der Waals surface area contributed by atoms with Crippen molar-refractivity contribution in [3.05, 3.63) is 41.6 Å². The Morgan fingerprint density at radius 2 is 1.79 bits per heavy atom. The Hall–Kier alpha value is -1.70. The fourth-order valence-electron chi connectivity index (χ4n) is 4.09. The van der Waals surface area contributed by atoms with Crippen molar-refractivity contribution in [2.24, 2.45) is 0 Å². The van der Waals surface area contributed by atoms with Crippen LogP contribution in [0.15, 0.2) is 40.9 Å². The van der Waals surface area contributed by atoms with Gasteiger partial charge in [0.15, 0.2) is 0 Å². The molecule has 1 aliphatic carbocycles. The molecular formula is C22H33N3O3S. The van der Waals surface area contributed by atoms with Crippen molar-refractivity contribution < 1.29 is 13.2 Å². The zero-order valence-corrected chi connectivity index (χ0v) is 18.5. The number of aryl methyl sites for hydroxylation is 1. The molecule has 1 aromatic carbocycles. The number of likely N-dealkylation sites (N-methyl/N-ethyl adjacent to an activating group) is 1. The van der Waals surface area contributed by atoms with Crippen molar-refractivity contribution in [2.45, 2.75) is 50.8 Å². The molecule has 0 radical (unpaired) electrons. The molecule has 6 nitrogen and oxygen atoms in total. The topological polar surface area (TPSA) is 60.9 Å². The van der Waals surface area contributed by atoms with Crippen LogP contribution in [0.1, 0.15) is 44.6 Å². The van der Waals surface area contributed by atoms with E-state index in [4.69, 9.17) is 0 Å². The predicted octanol–water partition coefficient (Wildman–Crippen LogP) is 3.00. The number of rotatable bonds is 6. The van der Waals surface area contributed by atoms with E-state index in [0.717, 1.165) is 43.5 Å². The van der Waals surface area contributed by atoms with Crippen LogP contribution in [0.4, 0.5) is 0 Å². The molecule has 7 heteroatoms. The smallest absolute Gasteiger partial charge is 0.243 e. The zero-order chi connectivity index (χ0) is 20.9. The fraction of sp³-hybridized carbons (Fsp3) is 0.591. The Labute approximate surface area is 175 Å². The van der Waals surface area contributed by atoms with Crippen LogP contribution in [-0.4, -0.2) is 67.7 Å². The summed E-state index contributed by atoms with van der Waals surface area (Å²) in [6.45, 7) is 7.22. The number of carbonyl (C=O) groups is 1. The third-order valence-corrected chi connectivity index (χ3v) is 7.71. The summed E-state index contributed by atoms with van der Waals surface area (Å²) in [5.41, 5.74) is 2.19. The second-order valence-electron chi connectivity index (χ2n) is 7.93. The molecule has 1 heterocycles. The Kier molecular flexibility index (Phi) is 7.49. The second-order valence-corrected chi connectivity index (χ2v) is 9.86. The zero-order valence-electron chi connectivity index (χ0n) is 17.6. The number of hydrogen-bond acceptors (Lipinski definition) is 4. The summed E-state index contributed by atoms with van der Waals surface area (Å²) in [7, 11) is -3.49. The molecule has 1 aromatic rings. The van der Waals surface area contributed by atoms with Crippen LogP contribution >= 0.6 is 0 Å². The Morgan fingerprint density at radius 3 is 2.45 bits per heavy atom. The van der Waals surface area contributed by atoms with E-state index in [1.807, 2.05) is 30.9 Å². The monoisotopic (exact) mass is 419 g/mol. The van der Waals surface area contributed by atoms with Gasteiger partial charge in [0.25, 0.3) is 0 Å². The molecule has 0 unspecified atom stereocenters. The van der Waals surface area contributed by atoms with E-state index >= 15 is 0 Å². The number of hydrogen-bond donors (Lipinski definition) is 0. The lowest BCUT2D eigenvalue weighted by Crippen LogP contribution is -2.42. The summed E-state index contributed by atoms with van der Waals surface area (Å²) < 4.78 is 27.5. The van der Waals surface area contributed by atoms with Gasteiger partial charge in [0.2, 0.25) is 15.9 Å². The van der Waals surface area contributed by atoms with Gasteiger partial charge in [-0.05, 0) is 64.6 Å². The Balaban J connectivity index is 1.61. The van der Waals surface area contributed by atoms with E-state index in [1.165, 1.54) is 6.42 Å². The number of carbonyl (C=O) groups excluding carboxylic acids is 1. The van der Waals surface area contributed by atoms with Crippen molar-refractivity contribution in [1.29, 1.82) is 0 Å². The first-order valence-electron chi connectivity index (χ1n) is 10.7. The van der Waals surface area contributed by atoms with Gasteiger partial charge in [-0.15, -0.1) is 0 Å². The maximum atomic E-state index is 13.0. The van der Waals surface area contributed by atoms with Crippen LogP contribution in [0, 0.1) is 6.92 Å². The highest BCUT2D eigenvalue weighted by Crippen LogP contribution is 2.22. The normalized spacial score (nSPS) is 19.4. The van der Waals surface area contributed by atoms with Gasteiger partial charge in [0, 0.05) is 31.9 Å². The third-order valence-electron chi connectivity index (χ3n) is 5.80. The van der Waals surface area contributed by atoms with Crippen LogP contribution in [0.2, 0.25) is 0 Å². The predicted molar refractivity (Wildman–Crippen MR) is 115 cm³/mol. The molecule has 0 saturated carbocycles. The Bertz CT molecular complexity index is 833. The van der Waals surface area contributed by atoms with Gasteiger partial charge in [-0.3, -0.25) is 9.69 Å². The lowest BCUT2D eigenvalue weighted by molar-refractivity contribution is -0.130. The van der Waals surface area contributed by atoms with Crippen LogP contribution in [0.5, 0.6) is 0 Å². The second kappa shape index (κ2) is 9.87. The van der Waals surface area contributed by atoms with Crippen molar-refractivity contribution in [3.63, 3.8) is 0 Å². The molecule has 1 saturated heterocycles. The highest BCUT2D eigenvalue weighted by molar-refractivity contribution is 7.89. The van der Waals surface area contributed by atoms with Crippen molar-refractivity contribution in [2.75, 3.05) is 39.3 Å². The quantitative estimate of drug-likeness (QED) is 0.711. The van der Waals surface area contributed by atoms with Gasteiger partial charge in [-0.1, -0.05) is 23.8 Å². The largest absolute Gasteiger partial charge is 0.316 e. The van der Waals surface area contributed by atoms with E-state index in [2.05, 4.69) is 11.0 Å². The summed E-state index contributed by atoms with van der Waals surface area (Å²) in [5.74, 6) is 0.121. The molecule has 1 amide bonds. The first-order valence-corrected chi connectivity index (χ1v) is 12.1. The standard InChI is InChI=1S/C22H33N3O3S/c1-3-25(20-8-5-4-6-9-20)22(26)18-23-14-7-15-24(17-16-23)29(27,28)21-12-10-19(2)11-13-21/h8,10-13H,3-7,9,14-18H2,1-2H3. The van der Waals surface area contributed by atoms with Gasteiger partial charge in [-0.2, -0.15) is 4.31 Å². The molecule has 0 atom stereocenters. The SMILES string of the molecule is CCN(C(=O)CN1CCCN(S(=O)(=O)c2ccc(C)cc2)CC1)C1=CCCCC1. The number of sulfonamides is 1. The maximum absolute atomic E-state index is 13.0. The highest BCUT2D eigenvalue weighted by Gasteiger charge is 2.28. The molecule has 3 rings (SSSR count). The van der Waals surface area contributed by atoms with Crippen LogP contribution in [-0.2, 0) is 14.8 Å². The van der Waals surface area contributed by atoms with E-state index < -0.39 is 10.0 Å². The van der Waals surface area contributed by atoms with Crippen molar-refractivity contribution in [1.82, 2.24) is 14.1 Å². The molecular weight excluding hydrogens is 386 g/mol. The molecule has 0 spiro atoms. The van der Waals surface area contributed by atoms with Crippen molar-refractivity contribution in [3.8, 4) is 0 Å². The van der Waals surface area contributed by atoms with Gasteiger partial charge >= 0.3 is 0 Å². The molecule has 0 bridgehead atoms. The van der Waals surface area contributed by atoms with E-state index in [0.29, 0.717) is 37.6 Å². The minimum Gasteiger partial charge on any atom is -0.316 e. The van der Waals surface area contributed by atoms with Gasteiger partial charge in [0.05, 0.1) is 11.4 Å². The summed E-state index contributed by atoms with van der Waals surface area (Å²) in [6, 6.07) is 7.01. The Morgan fingerprint density at radius 1 is 1.03 bits per heavy atom. The minimum absolute atomic E-state index is 0.121. The van der Waals surface area contributed by atoms with E-state index in [-0.39, 0.29) is 5.91 Å². The average Bonchev–Trinajstić information content (AvgIpc) is 2.96. The summed E-state index contributed by atoms with van der Waals surface area (Å²) in [5, 5.41) is 0. The summed E-state index contributed by atoms with van der Waals surface area (Å²) in [4.78, 5) is 17.2. The van der Waals surface area contributed by atoms with Crippen molar-refractivity contribution >= 4 is 15.9 Å². The number of benzene rings is 1. The highest BCUT2D eigenvalue weighted by atomic mass is 32.2. The van der Waals surface area contributed by atoms with Crippen LogP contribution < -0.4 is 0 Å². The lowest BCUT2D eigenvalue weighted by Gasteiger charge is -2.29. The van der Waals surface area contributed by atoms with Gasteiger partial charge in [-0.25, -0.2) is 8.42 Å². The molecule has 0 N–H and O–H groups in total. The third kappa shape index (κ3) is 5.47. The number of allylic oxidation sites excluding steroid dienone is 2. The molecule has 2 aliphatic rings. The molecule has 1 fully saturated rings. The van der Waals surface area contributed by atoms with Crippen LogP contribution in [0.3, 0.4) is 0 Å². The lowest BCUT2D eigenvalue weighted by atomic mass is 10.0. The minimum atomic E-state index is -3.49. The maximum Gasteiger partial charge on any atom is 0.243 e. The van der Waals surface area contributed by atoms with Crippen LogP contribution in [0.25, 0.3) is 0 Å². The molecule has 29 heavy (non-hydrogen) atoms. The average molecular weight is 420 g/mol. The molecule has 1 aliphatic heterocycles. The summed E-state index contributed by atoms with van der Waals surface area (Å²) in [6.07, 6.45) is 7.30.